The van der Waals surface area contributed by atoms with Crippen LogP contribution in [0.3, 0.4) is 0 Å². The molecular formula is C30H41N5O5. The zero-order valence-corrected chi connectivity index (χ0v) is 24.1. The van der Waals surface area contributed by atoms with E-state index in [9.17, 15) is 14.4 Å². The second kappa shape index (κ2) is 13.0. The van der Waals surface area contributed by atoms with Crippen molar-refractivity contribution in [2.45, 2.75) is 52.4 Å². The molecule has 216 valence electrons. The van der Waals surface area contributed by atoms with Gasteiger partial charge < -0.3 is 24.6 Å². The lowest BCUT2D eigenvalue weighted by Crippen LogP contribution is -2.77. The lowest BCUT2D eigenvalue weighted by atomic mass is 9.95. The van der Waals surface area contributed by atoms with Crippen LogP contribution in [-0.4, -0.2) is 90.3 Å². The number of hydrazine groups is 1. The van der Waals surface area contributed by atoms with Gasteiger partial charge in [0.15, 0.2) is 11.5 Å². The third-order valence-corrected chi connectivity index (χ3v) is 7.49. The van der Waals surface area contributed by atoms with Gasteiger partial charge in [-0.3, -0.25) is 9.59 Å². The lowest BCUT2D eigenvalue weighted by Gasteiger charge is -2.56. The molecule has 10 heteroatoms. The van der Waals surface area contributed by atoms with Crippen molar-refractivity contribution in [1.82, 2.24) is 25.1 Å². The first-order valence-electron chi connectivity index (χ1n) is 14.0. The summed E-state index contributed by atoms with van der Waals surface area (Å²) in [5.74, 6) is 0.941. The van der Waals surface area contributed by atoms with Gasteiger partial charge in [-0.25, -0.2) is 14.8 Å². The second-order valence-corrected chi connectivity index (χ2v) is 10.6. The molecule has 40 heavy (non-hydrogen) atoms. The van der Waals surface area contributed by atoms with Crippen molar-refractivity contribution in [3.63, 3.8) is 0 Å². The Morgan fingerprint density at radius 2 is 1.73 bits per heavy atom. The number of nitrogens with one attached hydrogen (secondary N) is 1. The Morgan fingerprint density at radius 1 is 1.00 bits per heavy atom. The van der Waals surface area contributed by atoms with Crippen LogP contribution in [0.15, 0.2) is 48.5 Å². The van der Waals surface area contributed by atoms with Gasteiger partial charge in [-0.2, -0.15) is 0 Å². The number of amides is 4. The fourth-order valence-electron chi connectivity index (χ4n) is 5.56. The molecule has 4 amide bonds. The van der Waals surface area contributed by atoms with Crippen LogP contribution >= 0.6 is 0 Å². The van der Waals surface area contributed by atoms with Gasteiger partial charge in [0.2, 0.25) is 11.8 Å². The summed E-state index contributed by atoms with van der Waals surface area (Å²) in [6.45, 7) is 7.58. The summed E-state index contributed by atoms with van der Waals surface area (Å²) in [6.07, 6.45) is 0.771. The van der Waals surface area contributed by atoms with E-state index in [0.29, 0.717) is 37.6 Å². The minimum absolute atomic E-state index is 0.0608. The summed E-state index contributed by atoms with van der Waals surface area (Å²) in [5.41, 5.74) is 1.98. The van der Waals surface area contributed by atoms with Crippen molar-refractivity contribution in [1.29, 1.82) is 0 Å². The third-order valence-electron chi connectivity index (χ3n) is 7.49. The first kappa shape index (κ1) is 29.2. The number of rotatable bonds is 10. The zero-order chi connectivity index (χ0) is 28.8. The first-order valence-corrected chi connectivity index (χ1v) is 14.0. The standard InChI is InChI=1S/C30H41N5O5/c1-6-15-33-20-27(36)34-26(35(33)30(38)31-18-23-10-8-7-9-11-23)19-32(29(37)28(34)21(2)3)16-14-22-12-13-24(39-4)25(17-22)40-5/h7-13,17,21,26,28H,6,14-16,18-20H2,1-5H3,(H,31,38)/t26-,28-/m0/s1. The van der Waals surface area contributed by atoms with Crippen LogP contribution in [-0.2, 0) is 22.6 Å². The number of piperazine rings is 1. The average molecular weight is 552 g/mol. The van der Waals surface area contributed by atoms with Crippen molar-refractivity contribution >= 4 is 17.8 Å². The Balaban J connectivity index is 1.59. The molecule has 2 aliphatic rings. The first-order chi connectivity index (χ1) is 19.3. The van der Waals surface area contributed by atoms with E-state index < -0.39 is 12.2 Å². The molecule has 0 aromatic heterocycles. The van der Waals surface area contributed by atoms with Crippen LogP contribution < -0.4 is 14.8 Å². The number of carbonyl (C=O) groups is 3. The Kier molecular flexibility index (Phi) is 9.52. The Bertz CT molecular complexity index is 1190. The molecule has 4 rings (SSSR count). The minimum Gasteiger partial charge on any atom is -0.493 e. The summed E-state index contributed by atoms with van der Waals surface area (Å²) in [5, 5.41) is 6.52. The van der Waals surface area contributed by atoms with Crippen LogP contribution in [0.2, 0.25) is 0 Å². The summed E-state index contributed by atoms with van der Waals surface area (Å²) in [7, 11) is 3.19. The van der Waals surface area contributed by atoms with Crippen LogP contribution in [0.4, 0.5) is 4.79 Å². The molecule has 0 bridgehead atoms. The molecule has 2 aliphatic heterocycles. The molecule has 2 saturated heterocycles. The number of carbonyl (C=O) groups excluding carboxylic acids is 3. The summed E-state index contributed by atoms with van der Waals surface area (Å²) in [6, 6.07) is 14.5. The molecule has 0 radical (unpaired) electrons. The van der Waals surface area contributed by atoms with Crippen LogP contribution in [0, 0.1) is 5.92 Å². The molecule has 10 nitrogen and oxygen atoms in total. The van der Waals surface area contributed by atoms with Crippen molar-refractivity contribution in [2.75, 3.05) is 40.4 Å². The van der Waals surface area contributed by atoms with Crippen molar-refractivity contribution in [3.8, 4) is 11.5 Å². The van der Waals surface area contributed by atoms with Crippen LogP contribution in [0.25, 0.3) is 0 Å². The number of hydrogen-bond donors (Lipinski definition) is 1. The predicted molar refractivity (Wildman–Crippen MR) is 151 cm³/mol. The number of ether oxygens (including phenoxy) is 2. The van der Waals surface area contributed by atoms with E-state index >= 15 is 0 Å². The van der Waals surface area contributed by atoms with Gasteiger partial charge in [-0.1, -0.05) is 57.2 Å². The van der Waals surface area contributed by atoms with E-state index in [0.717, 1.165) is 17.5 Å². The molecule has 0 spiro atoms. The largest absolute Gasteiger partial charge is 0.493 e. The monoisotopic (exact) mass is 551 g/mol. The average Bonchev–Trinajstić information content (AvgIpc) is 2.95. The predicted octanol–water partition coefficient (Wildman–Crippen LogP) is 3.12. The van der Waals surface area contributed by atoms with E-state index in [1.165, 1.54) is 0 Å². The molecule has 2 aromatic rings. The van der Waals surface area contributed by atoms with Gasteiger partial charge in [0, 0.05) is 19.6 Å². The number of nitrogens with zero attached hydrogens (tertiary/aromatic N) is 4. The van der Waals surface area contributed by atoms with Crippen LogP contribution in [0.1, 0.15) is 38.3 Å². The molecular weight excluding hydrogens is 510 g/mol. The van der Waals surface area contributed by atoms with E-state index in [4.69, 9.17) is 9.47 Å². The third kappa shape index (κ3) is 6.17. The fourth-order valence-corrected chi connectivity index (χ4v) is 5.56. The molecule has 0 saturated carbocycles. The SMILES string of the molecule is CCCN1CC(=O)N2[C@@H](C(C)C)C(=O)N(CCc3ccc(OC)c(OC)c3)C[C@@H]2N1C(=O)NCc1ccccc1. The maximum Gasteiger partial charge on any atom is 0.334 e. The van der Waals surface area contributed by atoms with E-state index in [1.807, 2.05) is 74.3 Å². The second-order valence-electron chi connectivity index (χ2n) is 10.6. The highest BCUT2D eigenvalue weighted by molar-refractivity contribution is 5.91. The maximum atomic E-state index is 13.8. The topological polar surface area (TPSA) is 94.7 Å². The zero-order valence-electron chi connectivity index (χ0n) is 24.1. The lowest BCUT2D eigenvalue weighted by molar-refractivity contribution is -0.193. The molecule has 2 heterocycles. The molecule has 0 unspecified atom stereocenters. The van der Waals surface area contributed by atoms with Gasteiger partial charge in [0.25, 0.3) is 0 Å². The number of fused-ring (bicyclic) bond motifs is 1. The quantitative estimate of drug-likeness (QED) is 0.488. The smallest absolute Gasteiger partial charge is 0.334 e. The molecule has 2 atom stereocenters. The Hall–Kier alpha value is -3.79. The van der Waals surface area contributed by atoms with Gasteiger partial charge in [0.1, 0.15) is 12.2 Å². The highest BCUT2D eigenvalue weighted by Crippen LogP contribution is 2.31. The van der Waals surface area contributed by atoms with Crippen molar-refractivity contribution < 1.29 is 23.9 Å². The molecule has 1 N–H and O–H groups in total. The summed E-state index contributed by atoms with van der Waals surface area (Å²) >= 11 is 0. The van der Waals surface area contributed by atoms with Crippen molar-refractivity contribution in [2.24, 2.45) is 5.92 Å². The van der Waals surface area contributed by atoms with Gasteiger partial charge in [-0.05, 0) is 42.0 Å². The number of urea groups is 1. The van der Waals surface area contributed by atoms with Crippen molar-refractivity contribution in [3.05, 3.63) is 59.7 Å². The van der Waals surface area contributed by atoms with Gasteiger partial charge in [0.05, 0.1) is 27.3 Å². The number of hydrogen-bond acceptors (Lipinski definition) is 6. The Morgan fingerprint density at radius 3 is 2.38 bits per heavy atom. The number of benzene rings is 2. The molecule has 2 aromatic carbocycles. The maximum absolute atomic E-state index is 13.8. The van der Waals surface area contributed by atoms with E-state index in [-0.39, 0.29) is 36.9 Å². The molecule has 0 aliphatic carbocycles. The highest BCUT2D eigenvalue weighted by Gasteiger charge is 2.51. The summed E-state index contributed by atoms with van der Waals surface area (Å²) < 4.78 is 10.8. The highest BCUT2D eigenvalue weighted by atomic mass is 16.5. The van der Waals surface area contributed by atoms with E-state index in [2.05, 4.69) is 5.32 Å². The normalized spacial score (nSPS) is 19.6. The van der Waals surface area contributed by atoms with Gasteiger partial charge in [-0.15, -0.1) is 0 Å². The van der Waals surface area contributed by atoms with Gasteiger partial charge >= 0.3 is 6.03 Å². The summed E-state index contributed by atoms with van der Waals surface area (Å²) in [4.78, 5) is 44.4. The van der Waals surface area contributed by atoms with Crippen LogP contribution in [0.5, 0.6) is 11.5 Å². The fraction of sp³-hybridized carbons (Fsp3) is 0.500. The minimum atomic E-state index is -0.648. The Labute approximate surface area is 236 Å². The van der Waals surface area contributed by atoms with E-state index in [1.54, 1.807) is 29.0 Å². The molecule has 2 fully saturated rings. The number of methoxy groups -OCH3 is 2.